The van der Waals surface area contributed by atoms with E-state index in [2.05, 4.69) is 5.23 Å². The average molecular weight is 192 g/mol. The van der Waals surface area contributed by atoms with Gasteiger partial charge in [0.15, 0.2) is 7.31 Å². The van der Waals surface area contributed by atoms with Gasteiger partial charge >= 0.3 is 0 Å². The third kappa shape index (κ3) is 4.33. The highest BCUT2D eigenvalue weighted by Gasteiger charge is 1.83. The molecule has 1 amide bonds. The maximum absolute atomic E-state index is 9.81. The second-order valence-electron chi connectivity index (χ2n) is 0.585. The van der Waals surface area contributed by atoms with Gasteiger partial charge < -0.3 is 5.23 Å². The molecule has 0 unspecified atom stereocenters. The fraction of sp³-hybridized carbons (Fsp3) is 0. The summed E-state index contributed by atoms with van der Waals surface area (Å²) in [7, 11) is 5.86. The van der Waals surface area contributed by atoms with E-state index >= 15 is 0 Å². The fourth-order valence-electron chi connectivity index (χ4n) is 0.0655. The van der Waals surface area contributed by atoms with Crippen molar-refractivity contribution in [2.24, 2.45) is 0 Å². The zero-order chi connectivity index (χ0) is 4.99. The van der Waals surface area contributed by atoms with E-state index in [-0.39, 0.29) is 3.91 Å². The van der Waals surface area contributed by atoms with Crippen LogP contribution in [-0.4, -0.2) is 19.0 Å². The molecule has 0 atom stereocenters. The van der Waals surface area contributed by atoms with Crippen LogP contribution in [0.3, 0.4) is 0 Å². The van der Waals surface area contributed by atoms with Crippen LogP contribution in [0.15, 0.2) is 0 Å². The second kappa shape index (κ2) is 3.52. The molecule has 0 saturated carbocycles. The number of carbonyl (C=O) groups excluding carboxylic acids is 1. The summed E-state index contributed by atoms with van der Waals surface area (Å²) in [6.45, 7) is 0. The minimum atomic E-state index is -0.171. The van der Waals surface area contributed by atoms with Crippen molar-refractivity contribution in [3.8, 4) is 0 Å². The van der Waals surface area contributed by atoms with Gasteiger partial charge in [-0.1, -0.05) is 0 Å². The summed E-state index contributed by atoms with van der Waals surface area (Å²) in [5.74, 6) is 0. The lowest BCUT2D eigenvalue weighted by Gasteiger charge is -1.85. The van der Waals surface area contributed by atoms with Gasteiger partial charge in [-0.15, -0.1) is 0 Å². The van der Waals surface area contributed by atoms with Crippen LogP contribution in [0.4, 0.5) is 4.79 Å². The number of rotatable bonds is 1. The van der Waals surface area contributed by atoms with Crippen molar-refractivity contribution >= 4 is 41.5 Å². The lowest BCUT2D eigenvalue weighted by molar-refractivity contribution is 0.267. The Morgan fingerprint density at radius 2 is 2.50 bits per heavy atom. The van der Waals surface area contributed by atoms with Crippen molar-refractivity contribution in [3.63, 3.8) is 0 Å². The quantitative estimate of drug-likeness (QED) is 0.265. The normalized spacial score (nSPS) is 6.83. The minimum Gasteiger partial charge on any atom is -0.404 e. The van der Waals surface area contributed by atoms with Crippen molar-refractivity contribution < 1.29 is 4.79 Å². The topological polar surface area (TPSA) is 29.1 Å². The van der Waals surface area contributed by atoms with Gasteiger partial charge in [0, 0.05) is 30.3 Å². The molecule has 0 aromatic rings. The average Bonchev–Trinajstić information content (AvgIpc) is 1.35. The Labute approximate surface area is 51.9 Å². The van der Waals surface area contributed by atoms with Gasteiger partial charge in [0.1, 0.15) is 0 Å². The SMILES string of the molecule is [B][B]NC(=O)I. The molecular weight excluding hydrogens is 191 g/mol. The molecule has 2 nitrogen and oxygen atoms in total. The zero-order valence-corrected chi connectivity index (χ0v) is 5.10. The number of carbonyl (C=O) groups is 1. The molecule has 0 aliphatic heterocycles. The van der Waals surface area contributed by atoms with E-state index in [9.17, 15) is 4.79 Å². The van der Waals surface area contributed by atoms with Crippen molar-refractivity contribution in [2.75, 3.05) is 0 Å². The molecule has 1 N–H and O–H groups in total. The molecule has 0 spiro atoms. The van der Waals surface area contributed by atoms with Gasteiger partial charge in [0.2, 0.25) is 0 Å². The first kappa shape index (κ1) is 6.33. The number of hydrogen-bond acceptors (Lipinski definition) is 1. The predicted octanol–water partition coefficient (Wildman–Crippen LogP) is -0.166. The molecule has 0 aliphatic rings. The Hall–Kier alpha value is 0.330. The van der Waals surface area contributed by atoms with Crippen LogP contribution in [0, 0.1) is 0 Å². The van der Waals surface area contributed by atoms with Crippen LogP contribution in [-0.2, 0) is 0 Å². The Bertz CT molecular complexity index is 57.5. The summed E-state index contributed by atoms with van der Waals surface area (Å²) in [6.07, 6.45) is 0. The Morgan fingerprint density at radius 1 is 2.00 bits per heavy atom. The highest BCUT2D eigenvalue weighted by atomic mass is 127. The van der Waals surface area contributed by atoms with Crippen LogP contribution < -0.4 is 5.23 Å². The molecule has 0 saturated heterocycles. The van der Waals surface area contributed by atoms with Gasteiger partial charge in [-0.25, -0.2) is 0 Å². The summed E-state index contributed by atoms with van der Waals surface area (Å²) in [5, 5.41) is 2.21. The first-order chi connectivity index (χ1) is 2.77. The molecule has 3 radical (unpaired) electrons. The highest BCUT2D eigenvalue weighted by Crippen LogP contribution is 1.77. The van der Waals surface area contributed by atoms with Gasteiger partial charge in [-0.05, 0) is 0 Å². The zero-order valence-electron chi connectivity index (χ0n) is 2.94. The summed E-state index contributed by atoms with van der Waals surface area (Å²) < 4.78 is -0.171. The van der Waals surface area contributed by atoms with E-state index in [4.69, 9.17) is 7.74 Å². The highest BCUT2D eigenvalue weighted by molar-refractivity contribution is 14.1. The van der Waals surface area contributed by atoms with Crippen molar-refractivity contribution in [3.05, 3.63) is 0 Å². The predicted molar refractivity (Wildman–Crippen MR) is 34.1 cm³/mol. The fourth-order valence-corrected chi connectivity index (χ4v) is 0.245. The van der Waals surface area contributed by atoms with Crippen LogP contribution in [0.1, 0.15) is 0 Å². The minimum absolute atomic E-state index is 0.171. The molecule has 0 aromatic heterocycles. The monoisotopic (exact) mass is 192 g/mol. The molecule has 0 fully saturated rings. The molecule has 5 heteroatoms. The molecule has 0 heterocycles. The number of amides is 1. The van der Waals surface area contributed by atoms with Crippen LogP contribution in [0.5, 0.6) is 0 Å². The maximum atomic E-state index is 9.81. The summed E-state index contributed by atoms with van der Waals surface area (Å²) in [5.41, 5.74) is 0. The smallest absolute Gasteiger partial charge is 0.267 e. The van der Waals surface area contributed by atoms with Gasteiger partial charge in [0.25, 0.3) is 3.91 Å². The summed E-state index contributed by atoms with van der Waals surface area (Å²) >= 11 is 1.58. The van der Waals surface area contributed by atoms with Gasteiger partial charge in [-0.3, -0.25) is 4.79 Å². The van der Waals surface area contributed by atoms with Gasteiger partial charge in [-0.2, -0.15) is 0 Å². The van der Waals surface area contributed by atoms with E-state index in [1.807, 2.05) is 0 Å². The van der Waals surface area contributed by atoms with E-state index in [0.717, 1.165) is 7.31 Å². The number of nitrogens with one attached hydrogen (secondary N) is 1. The molecule has 0 bridgehead atoms. The standard InChI is InChI=1S/CHB2INO/c2-3-5-1(4)6/h(H,5,6). The summed E-state index contributed by atoms with van der Waals surface area (Å²) in [4.78, 5) is 9.81. The Kier molecular flexibility index (Phi) is 3.71. The molecule has 0 rings (SSSR count). The van der Waals surface area contributed by atoms with Crippen LogP contribution in [0.2, 0.25) is 0 Å². The van der Waals surface area contributed by atoms with E-state index < -0.39 is 0 Å². The first-order valence-electron chi connectivity index (χ1n) is 1.27. The second-order valence-corrected chi connectivity index (χ2v) is 1.56. The van der Waals surface area contributed by atoms with Crippen LogP contribution >= 0.6 is 22.6 Å². The Morgan fingerprint density at radius 3 is 2.50 bits per heavy atom. The molecule has 0 aromatic carbocycles. The van der Waals surface area contributed by atoms with Crippen molar-refractivity contribution in [2.45, 2.75) is 0 Å². The third-order valence-corrected chi connectivity index (χ3v) is 0.508. The maximum Gasteiger partial charge on any atom is 0.267 e. The number of hydrogen-bond donors (Lipinski definition) is 1. The lowest BCUT2D eigenvalue weighted by atomic mass is 9.68. The molecular formula is CHB2INO. The largest absolute Gasteiger partial charge is 0.404 e. The number of halogens is 1. The van der Waals surface area contributed by atoms with Gasteiger partial charge in [0.05, 0.1) is 0 Å². The molecule has 29 valence electrons. The van der Waals surface area contributed by atoms with Crippen molar-refractivity contribution in [1.82, 2.24) is 5.23 Å². The molecule has 0 aliphatic carbocycles. The van der Waals surface area contributed by atoms with E-state index in [1.54, 1.807) is 22.6 Å². The first-order valence-corrected chi connectivity index (χ1v) is 2.34. The lowest BCUT2D eigenvalue weighted by Crippen LogP contribution is -2.20. The third-order valence-electron chi connectivity index (χ3n) is 0.197. The van der Waals surface area contributed by atoms with E-state index in [1.165, 1.54) is 0 Å². The molecule has 6 heavy (non-hydrogen) atoms. The summed E-state index contributed by atoms with van der Waals surface area (Å²) in [6, 6.07) is 0. The van der Waals surface area contributed by atoms with Crippen molar-refractivity contribution in [1.29, 1.82) is 0 Å². The van der Waals surface area contributed by atoms with E-state index in [0.29, 0.717) is 0 Å². The van der Waals surface area contributed by atoms with Crippen LogP contribution in [0.25, 0.3) is 0 Å². The Balaban J connectivity index is 2.83.